The molecule has 6 nitrogen and oxygen atoms in total. The molecule has 1 saturated heterocycles. The zero-order valence-corrected chi connectivity index (χ0v) is 18.9. The summed E-state index contributed by atoms with van der Waals surface area (Å²) in [4.78, 5) is 12.9. The first kappa shape index (κ1) is 21.6. The number of Topliss-reactive ketones (excluding diaryl/α,β-unsaturated/α-hetero) is 1. The SMILES string of the molecule is COc1ccc(-c2nnc(SC(C)C(=O)c3ccc(C)cc3)n2CC2CCCO2)cc1. The summed E-state index contributed by atoms with van der Waals surface area (Å²) in [5.74, 6) is 1.65. The molecule has 2 heterocycles. The van der Waals surface area contributed by atoms with Crippen LogP contribution >= 0.6 is 11.8 Å². The fourth-order valence-corrected chi connectivity index (χ4v) is 4.59. The molecule has 2 unspecified atom stereocenters. The number of ether oxygens (including phenoxy) is 2. The van der Waals surface area contributed by atoms with Crippen LogP contribution in [0.3, 0.4) is 0 Å². The summed E-state index contributed by atoms with van der Waals surface area (Å²) in [7, 11) is 1.65. The van der Waals surface area contributed by atoms with E-state index >= 15 is 0 Å². The van der Waals surface area contributed by atoms with Crippen LogP contribution in [0, 0.1) is 6.92 Å². The monoisotopic (exact) mass is 437 g/mol. The maximum atomic E-state index is 12.9. The molecule has 0 spiro atoms. The van der Waals surface area contributed by atoms with Crippen molar-refractivity contribution in [1.82, 2.24) is 14.8 Å². The van der Waals surface area contributed by atoms with Crippen LogP contribution in [0.5, 0.6) is 5.75 Å². The molecule has 0 N–H and O–H groups in total. The van der Waals surface area contributed by atoms with E-state index in [9.17, 15) is 4.79 Å². The zero-order chi connectivity index (χ0) is 21.8. The zero-order valence-electron chi connectivity index (χ0n) is 18.1. The lowest BCUT2D eigenvalue weighted by Gasteiger charge is -2.16. The van der Waals surface area contributed by atoms with E-state index in [-0.39, 0.29) is 17.1 Å². The van der Waals surface area contributed by atoms with E-state index in [4.69, 9.17) is 9.47 Å². The summed E-state index contributed by atoms with van der Waals surface area (Å²) >= 11 is 1.44. The molecule has 7 heteroatoms. The molecule has 3 aromatic rings. The maximum absolute atomic E-state index is 12.9. The van der Waals surface area contributed by atoms with Crippen molar-refractivity contribution in [3.63, 3.8) is 0 Å². The Labute approximate surface area is 187 Å². The van der Waals surface area contributed by atoms with Crippen molar-refractivity contribution >= 4 is 17.5 Å². The number of hydrogen-bond acceptors (Lipinski definition) is 6. The molecule has 31 heavy (non-hydrogen) atoms. The minimum Gasteiger partial charge on any atom is -0.497 e. The van der Waals surface area contributed by atoms with Gasteiger partial charge in [-0.05, 0) is 51.0 Å². The maximum Gasteiger partial charge on any atom is 0.192 e. The Bertz CT molecular complexity index is 1030. The lowest BCUT2D eigenvalue weighted by molar-refractivity contribution is 0.0953. The lowest BCUT2D eigenvalue weighted by Crippen LogP contribution is -2.19. The normalized spacial score (nSPS) is 16.9. The van der Waals surface area contributed by atoms with E-state index < -0.39 is 0 Å². The van der Waals surface area contributed by atoms with Gasteiger partial charge in [-0.15, -0.1) is 10.2 Å². The van der Waals surface area contributed by atoms with Crippen LogP contribution < -0.4 is 4.74 Å². The number of rotatable bonds is 8. The summed E-state index contributed by atoms with van der Waals surface area (Å²) < 4.78 is 13.2. The molecule has 0 saturated carbocycles. The topological polar surface area (TPSA) is 66.2 Å². The van der Waals surface area contributed by atoms with Gasteiger partial charge < -0.3 is 9.47 Å². The largest absolute Gasteiger partial charge is 0.497 e. The number of methoxy groups -OCH3 is 1. The third-order valence-corrected chi connectivity index (χ3v) is 6.54. The number of carbonyl (C=O) groups is 1. The number of hydrogen-bond donors (Lipinski definition) is 0. The molecule has 1 aliphatic rings. The highest BCUT2D eigenvalue weighted by Gasteiger charge is 2.25. The van der Waals surface area contributed by atoms with Crippen molar-refractivity contribution in [3.8, 4) is 17.1 Å². The van der Waals surface area contributed by atoms with Crippen LogP contribution in [0.25, 0.3) is 11.4 Å². The Hall–Kier alpha value is -2.64. The van der Waals surface area contributed by atoms with Gasteiger partial charge in [-0.2, -0.15) is 0 Å². The number of aromatic nitrogens is 3. The average Bonchev–Trinajstić information content (AvgIpc) is 3.45. The second-order valence-electron chi connectivity index (χ2n) is 7.77. The van der Waals surface area contributed by atoms with Crippen LogP contribution in [0.1, 0.15) is 35.7 Å². The highest BCUT2D eigenvalue weighted by molar-refractivity contribution is 8.00. The number of nitrogens with zero attached hydrogens (tertiary/aromatic N) is 3. The first-order valence-electron chi connectivity index (χ1n) is 10.5. The van der Waals surface area contributed by atoms with Crippen LogP contribution in [0.4, 0.5) is 0 Å². The molecule has 162 valence electrons. The lowest BCUT2D eigenvalue weighted by atomic mass is 10.1. The first-order valence-corrected chi connectivity index (χ1v) is 11.4. The fourth-order valence-electron chi connectivity index (χ4n) is 3.65. The Morgan fingerprint density at radius 3 is 2.58 bits per heavy atom. The van der Waals surface area contributed by atoms with Crippen molar-refractivity contribution < 1.29 is 14.3 Å². The van der Waals surface area contributed by atoms with E-state index in [0.29, 0.717) is 12.1 Å². The minimum absolute atomic E-state index is 0.0858. The third-order valence-electron chi connectivity index (χ3n) is 5.46. The van der Waals surface area contributed by atoms with E-state index in [1.165, 1.54) is 11.8 Å². The number of benzene rings is 2. The molecule has 0 bridgehead atoms. The Morgan fingerprint density at radius 2 is 1.94 bits per heavy atom. The van der Waals surface area contributed by atoms with Crippen molar-refractivity contribution in [2.45, 2.75) is 49.7 Å². The number of carbonyl (C=O) groups excluding carboxylic acids is 1. The third kappa shape index (κ3) is 4.99. The molecule has 0 radical (unpaired) electrons. The molecule has 2 atom stereocenters. The van der Waals surface area contributed by atoms with Crippen molar-refractivity contribution in [1.29, 1.82) is 0 Å². The second kappa shape index (κ2) is 9.66. The van der Waals surface area contributed by atoms with Gasteiger partial charge in [-0.1, -0.05) is 41.6 Å². The highest BCUT2D eigenvalue weighted by Crippen LogP contribution is 2.30. The van der Waals surface area contributed by atoms with E-state index in [1.807, 2.05) is 62.4 Å². The molecule has 4 rings (SSSR count). The van der Waals surface area contributed by atoms with Crippen LogP contribution in [0.15, 0.2) is 53.7 Å². The van der Waals surface area contributed by atoms with Crippen LogP contribution in [-0.4, -0.2) is 45.6 Å². The summed E-state index contributed by atoms with van der Waals surface area (Å²) in [6, 6.07) is 15.5. The van der Waals surface area contributed by atoms with Gasteiger partial charge in [-0.3, -0.25) is 9.36 Å². The fraction of sp³-hybridized carbons (Fsp3) is 0.375. The standard InChI is InChI=1S/C24H27N3O3S/c1-16-6-8-18(9-7-16)22(28)17(2)31-24-26-25-23(19-10-12-20(29-3)13-11-19)27(24)15-21-5-4-14-30-21/h6-13,17,21H,4-5,14-15H2,1-3H3. The van der Waals surface area contributed by atoms with Gasteiger partial charge in [0.2, 0.25) is 0 Å². The molecule has 1 fully saturated rings. The summed E-state index contributed by atoms with van der Waals surface area (Å²) in [5, 5.41) is 9.36. The minimum atomic E-state index is -0.279. The van der Waals surface area contributed by atoms with Gasteiger partial charge >= 0.3 is 0 Å². The molecule has 1 aliphatic heterocycles. The van der Waals surface area contributed by atoms with Crippen LogP contribution in [-0.2, 0) is 11.3 Å². The Morgan fingerprint density at radius 1 is 1.19 bits per heavy atom. The molecular weight excluding hydrogens is 410 g/mol. The predicted molar refractivity (Wildman–Crippen MR) is 122 cm³/mol. The van der Waals surface area contributed by atoms with Gasteiger partial charge in [0, 0.05) is 17.7 Å². The Balaban J connectivity index is 1.60. The van der Waals surface area contributed by atoms with Gasteiger partial charge in [0.1, 0.15) is 5.75 Å². The predicted octanol–water partition coefficient (Wildman–Crippen LogP) is 4.80. The summed E-state index contributed by atoms with van der Waals surface area (Å²) in [6.07, 6.45) is 2.22. The molecule has 1 aromatic heterocycles. The summed E-state index contributed by atoms with van der Waals surface area (Å²) in [6.45, 7) is 5.39. The van der Waals surface area contributed by atoms with Gasteiger partial charge in [-0.25, -0.2) is 0 Å². The van der Waals surface area contributed by atoms with Gasteiger partial charge in [0.15, 0.2) is 16.8 Å². The number of thioether (sulfide) groups is 1. The molecule has 2 aromatic carbocycles. The second-order valence-corrected chi connectivity index (χ2v) is 9.08. The average molecular weight is 438 g/mol. The van der Waals surface area contributed by atoms with E-state index in [0.717, 1.165) is 47.3 Å². The number of aryl methyl sites for hydroxylation is 1. The molecular formula is C24H27N3O3S. The first-order chi connectivity index (χ1) is 15.0. The van der Waals surface area contributed by atoms with Crippen molar-refractivity contribution in [3.05, 3.63) is 59.7 Å². The quantitative estimate of drug-likeness (QED) is 0.372. The van der Waals surface area contributed by atoms with Gasteiger partial charge in [0.05, 0.1) is 25.0 Å². The van der Waals surface area contributed by atoms with E-state index in [2.05, 4.69) is 14.8 Å². The Kier molecular flexibility index (Phi) is 6.73. The smallest absolute Gasteiger partial charge is 0.192 e. The molecule has 0 amide bonds. The van der Waals surface area contributed by atoms with Crippen LogP contribution in [0.2, 0.25) is 0 Å². The molecule has 0 aliphatic carbocycles. The van der Waals surface area contributed by atoms with Crippen molar-refractivity contribution in [2.75, 3.05) is 13.7 Å². The number of ketones is 1. The summed E-state index contributed by atoms with van der Waals surface area (Å²) in [5.41, 5.74) is 2.80. The van der Waals surface area contributed by atoms with Crippen molar-refractivity contribution in [2.24, 2.45) is 0 Å². The van der Waals surface area contributed by atoms with Gasteiger partial charge in [0.25, 0.3) is 0 Å². The highest BCUT2D eigenvalue weighted by atomic mass is 32.2. The van der Waals surface area contributed by atoms with E-state index in [1.54, 1.807) is 7.11 Å².